The molecule has 1 aromatic carbocycles. The average Bonchev–Trinajstić information content (AvgIpc) is 2.87. The molecule has 106 valence electrons. The molecule has 0 fully saturated rings. The number of alkyl halides is 1. The Balaban J connectivity index is 2.42. The highest BCUT2D eigenvalue weighted by atomic mass is 79.9. The smallest absolute Gasteiger partial charge is 0.433 e. The molecule has 20 heavy (non-hydrogen) atoms. The first kappa shape index (κ1) is 14.4. The maximum absolute atomic E-state index is 13.9. The van der Waals surface area contributed by atoms with Gasteiger partial charge in [0.2, 0.25) is 0 Å². The molecule has 2 aromatic rings. The van der Waals surface area contributed by atoms with Gasteiger partial charge in [-0.3, -0.25) is 10.1 Å². The molecule has 2 rings (SSSR count). The van der Waals surface area contributed by atoms with E-state index in [1.54, 1.807) is 0 Å². The van der Waals surface area contributed by atoms with Gasteiger partial charge in [-0.1, -0.05) is 15.9 Å². The Morgan fingerprint density at radius 3 is 2.40 bits per heavy atom. The molecule has 0 bridgehead atoms. The van der Waals surface area contributed by atoms with Gasteiger partial charge >= 0.3 is 5.88 Å². The molecule has 1 heterocycles. The first-order chi connectivity index (χ1) is 9.43. The van der Waals surface area contributed by atoms with Gasteiger partial charge in [-0.25, -0.2) is 8.78 Å². The molecule has 8 heteroatoms. The van der Waals surface area contributed by atoms with Crippen LogP contribution in [0.2, 0.25) is 0 Å². The summed E-state index contributed by atoms with van der Waals surface area (Å²) in [4.78, 5) is 8.81. The highest BCUT2D eigenvalue weighted by molar-refractivity contribution is 9.09. The first-order valence-corrected chi connectivity index (χ1v) is 6.26. The molecule has 0 aliphatic rings. The number of methoxy groups -OCH3 is 1. The zero-order valence-electron chi connectivity index (χ0n) is 10.1. The maximum atomic E-state index is 13.9. The molecule has 0 N–H and O–H groups in total. The second-order valence-corrected chi connectivity index (χ2v) is 4.72. The lowest BCUT2D eigenvalue weighted by molar-refractivity contribution is -0.402. The molecular formula is C12H8BrF2NO4. The third-order valence-corrected chi connectivity index (χ3v) is 3.49. The van der Waals surface area contributed by atoms with Gasteiger partial charge in [-0.2, -0.15) is 0 Å². The number of halogens is 3. The van der Waals surface area contributed by atoms with E-state index in [1.165, 1.54) is 13.2 Å². The number of ether oxygens (including phenoxy) is 1. The Morgan fingerprint density at radius 1 is 1.35 bits per heavy atom. The highest BCUT2D eigenvalue weighted by Gasteiger charge is 2.25. The molecule has 1 atom stereocenters. The summed E-state index contributed by atoms with van der Waals surface area (Å²) in [6.07, 6.45) is 0. The van der Waals surface area contributed by atoms with Gasteiger partial charge in [0.25, 0.3) is 0 Å². The van der Waals surface area contributed by atoms with E-state index in [1.807, 2.05) is 0 Å². The number of nitro groups is 1. The summed E-state index contributed by atoms with van der Waals surface area (Å²) in [7, 11) is 1.29. The van der Waals surface area contributed by atoms with Crippen LogP contribution in [0.5, 0.6) is 5.75 Å². The Morgan fingerprint density at radius 2 is 1.95 bits per heavy atom. The van der Waals surface area contributed by atoms with Crippen LogP contribution in [0.1, 0.15) is 16.2 Å². The minimum Gasteiger partial charge on any atom is -0.497 e. The van der Waals surface area contributed by atoms with Crippen molar-refractivity contribution < 1.29 is 22.9 Å². The normalized spacial score (nSPS) is 12.2. The van der Waals surface area contributed by atoms with Crippen molar-refractivity contribution in [3.8, 4) is 5.75 Å². The summed E-state index contributed by atoms with van der Waals surface area (Å²) in [6, 6.07) is 4.43. The molecule has 0 saturated carbocycles. The Bertz CT molecular complexity index is 636. The minimum absolute atomic E-state index is 0.0275. The van der Waals surface area contributed by atoms with Crippen molar-refractivity contribution >= 4 is 21.8 Å². The minimum atomic E-state index is -0.984. The fraction of sp³-hybridized carbons (Fsp3) is 0.167. The summed E-state index contributed by atoms with van der Waals surface area (Å²) < 4.78 is 37.4. The van der Waals surface area contributed by atoms with E-state index in [0.29, 0.717) is 0 Å². The summed E-state index contributed by atoms with van der Waals surface area (Å²) in [6.45, 7) is 0. The molecule has 5 nitrogen and oxygen atoms in total. The van der Waals surface area contributed by atoms with Crippen molar-refractivity contribution in [2.24, 2.45) is 0 Å². The van der Waals surface area contributed by atoms with Crippen molar-refractivity contribution in [1.82, 2.24) is 0 Å². The number of benzene rings is 1. The Hall–Kier alpha value is -1.96. The first-order valence-electron chi connectivity index (χ1n) is 5.35. The van der Waals surface area contributed by atoms with Crippen LogP contribution in [0.15, 0.2) is 28.7 Å². The van der Waals surface area contributed by atoms with Gasteiger partial charge in [0.1, 0.15) is 32.9 Å². The van der Waals surface area contributed by atoms with Crippen LogP contribution in [0.3, 0.4) is 0 Å². The predicted molar refractivity (Wildman–Crippen MR) is 69.0 cm³/mol. The summed E-state index contributed by atoms with van der Waals surface area (Å²) in [5.74, 6) is -2.13. The third kappa shape index (κ3) is 2.64. The average molecular weight is 348 g/mol. The molecule has 0 saturated heterocycles. The number of hydrogen-bond acceptors (Lipinski definition) is 4. The monoisotopic (exact) mass is 347 g/mol. The van der Waals surface area contributed by atoms with Gasteiger partial charge in [0.05, 0.1) is 13.2 Å². The van der Waals surface area contributed by atoms with Gasteiger partial charge in [-0.05, 0) is 6.07 Å². The Labute approximate surface area is 120 Å². The van der Waals surface area contributed by atoms with Gasteiger partial charge in [0.15, 0.2) is 0 Å². The molecule has 0 aliphatic carbocycles. The van der Waals surface area contributed by atoms with Crippen LogP contribution >= 0.6 is 15.9 Å². The van der Waals surface area contributed by atoms with E-state index in [9.17, 15) is 18.9 Å². The molecule has 1 aromatic heterocycles. The van der Waals surface area contributed by atoms with E-state index < -0.39 is 27.3 Å². The lowest BCUT2D eigenvalue weighted by atomic mass is 10.1. The lowest BCUT2D eigenvalue weighted by Gasteiger charge is -2.11. The summed E-state index contributed by atoms with van der Waals surface area (Å²) >= 11 is 3.07. The second-order valence-electron chi connectivity index (χ2n) is 3.80. The number of nitrogens with zero attached hydrogens (tertiary/aromatic N) is 1. The number of rotatable bonds is 4. The van der Waals surface area contributed by atoms with Gasteiger partial charge in [0, 0.05) is 17.7 Å². The van der Waals surface area contributed by atoms with Crippen molar-refractivity contribution in [3.05, 3.63) is 57.3 Å². The number of hydrogen-bond donors (Lipinski definition) is 0. The molecular weight excluding hydrogens is 340 g/mol. The van der Waals surface area contributed by atoms with Crippen molar-refractivity contribution in [2.75, 3.05) is 7.11 Å². The van der Waals surface area contributed by atoms with E-state index in [-0.39, 0.29) is 17.1 Å². The Kier molecular flexibility index (Phi) is 4.03. The van der Waals surface area contributed by atoms with Crippen molar-refractivity contribution in [3.63, 3.8) is 0 Å². The van der Waals surface area contributed by atoms with Gasteiger partial charge < -0.3 is 9.15 Å². The quantitative estimate of drug-likeness (QED) is 0.477. The topological polar surface area (TPSA) is 65.5 Å². The zero-order chi connectivity index (χ0) is 14.9. The molecule has 0 radical (unpaired) electrons. The SMILES string of the molecule is COc1cc(F)c(C(Br)c2ccc([N+](=O)[O-])o2)c(F)c1. The zero-order valence-corrected chi connectivity index (χ0v) is 11.7. The van der Waals surface area contributed by atoms with E-state index in [0.717, 1.165) is 18.2 Å². The number of furan rings is 1. The standard InChI is InChI=1S/C12H8BrF2NO4/c1-19-6-4-7(14)11(8(15)5-6)12(13)9-2-3-10(20-9)16(17)18/h2-5,12H,1H3. The summed E-state index contributed by atoms with van der Waals surface area (Å²) in [5.41, 5.74) is -0.310. The van der Waals surface area contributed by atoms with Crippen LogP contribution in [0, 0.1) is 21.7 Å². The molecule has 0 amide bonds. The lowest BCUT2D eigenvalue weighted by Crippen LogP contribution is -2.01. The van der Waals surface area contributed by atoms with E-state index >= 15 is 0 Å². The van der Waals surface area contributed by atoms with Crippen molar-refractivity contribution in [1.29, 1.82) is 0 Å². The predicted octanol–water partition coefficient (Wildman–Crippen LogP) is 3.96. The molecule has 0 aliphatic heterocycles. The van der Waals surface area contributed by atoms with Crippen molar-refractivity contribution in [2.45, 2.75) is 4.83 Å². The molecule has 1 unspecified atom stereocenters. The fourth-order valence-electron chi connectivity index (χ4n) is 1.64. The fourth-order valence-corrected chi connectivity index (χ4v) is 2.32. The van der Waals surface area contributed by atoms with Crippen LogP contribution in [-0.2, 0) is 0 Å². The highest BCUT2D eigenvalue weighted by Crippen LogP contribution is 2.37. The van der Waals surface area contributed by atoms with Crippen LogP contribution in [0.4, 0.5) is 14.7 Å². The van der Waals surface area contributed by atoms with Crippen LogP contribution in [-0.4, -0.2) is 12.0 Å². The third-order valence-electron chi connectivity index (χ3n) is 2.58. The van der Waals surface area contributed by atoms with Crippen LogP contribution in [0.25, 0.3) is 0 Å². The van der Waals surface area contributed by atoms with Crippen LogP contribution < -0.4 is 4.74 Å². The van der Waals surface area contributed by atoms with E-state index in [4.69, 9.17) is 9.15 Å². The summed E-state index contributed by atoms with van der Waals surface area (Å²) in [5, 5.41) is 10.5. The second kappa shape index (κ2) is 5.58. The molecule has 0 spiro atoms. The van der Waals surface area contributed by atoms with E-state index in [2.05, 4.69) is 15.9 Å². The largest absolute Gasteiger partial charge is 0.497 e. The maximum Gasteiger partial charge on any atom is 0.433 e. The van der Waals surface area contributed by atoms with Gasteiger partial charge in [-0.15, -0.1) is 0 Å².